The quantitative estimate of drug-likeness (QED) is 0.460. The Labute approximate surface area is 179 Å². The summed E-state index contributed by atoms with van der Waals surface area (Å²) in [6.07, 6.45) is -4.10. The van der Waals surface area contributed by atoms with Crippen LogP contribution < -0.4 is 0 Å². The molecule has 0 N–H and O–H groups in total. The van der Waals surface area contributed by atoms with Crippen LogP contribution >= 0.6 is 0 Å². The highest BCUT2D eigenvalue weighted by Crippen LogP contribution is 2.37. The maximum Gasteiger partial charge on any atom is 0.419 e. The highest BCUT2D eigenvalue weighted by Gasteiger charge is 2.41. The Bertz CT molecular complexity index is 971. The molecule has 0 spiro atoms. The Balaban J connectivity index is 1.87. The summed E-state index contributed by atoms with van der Waals surface area (Å²) in [4.78, 5) is 14.1. The number of halogens is 4. The second-order valence-electron chi connectivity index (χ2n) is 8.65. The molecule has 0 aromatic heterocycles. The predicted octanol–water partition coefficient (Wildman–Crippen LogP) is 3.38. The van der Waals surface area contributed by atoms with Gasteiger partial charge in [0.1, 0.15) is 24.6 Å². The second-order valence-corrected chi connectivity index (χ2v) is 8.65. The number of fused-ring (bicyclic) bond motifs is 2. The third-order valence-electron chi connectivity index (χ3n) is 6.73. The minimum atomic E-state index is -4.74. The van der Waals surface area contributed by atoms with E-state index >= 15 is 0 Å². The van der Waals surface area contributed by atoms with Gasteiger partial charge in [0.25, 0.3) is 0 Å². The average molecular weight is 438 g/mol. The van der Waals surface area contributed by atoms with E-state index in [1.54, 1.807) is 0 Å². The molecule has 2 unspecified atom stereocenters. The first-order chi connectivity index (χ1) is 14.6. The van der Waals surface area contributed by atoms with Crippen molar-refractivity contribution in [1.82, 2.24) is 9.80 Å². The Morgan fingerprint density at radius 3 is 2.45 bits per heavy atom. The lowest BCUT2D eigenvalue weighted by molar-refractivity contribution is -0.523. The van der Waals surface area contributed by atoms with Crippen molar-refractivity contribution in [2.24, 2.45) is 9.98 Å². The van der Waals surface area contributed by atoms with Gasteiger partial charge in [-0.25, -0.2) is 14.0 Å². The van der Waals surface area contributed by atoms with Gasteiger partial charge in [-0.2, -0.15) is 13.2 Å². The fraction of sp³-hybridized carbons (Fsp3) is 0.591. The molecule has 3 aliphatic rings. The first kappa shape index (κ1) is 21.9. The molecule has 168 valence electrons. The minimum Gasteiger partial charge on any atom is -0.352 e. The van der Waals surface area contributed by atoms with Crippen molar-refractivity contribution in [3.05, 3.63) is 29.1 Å². The van der Waals surface area contributed by atoms with Crippen LogP contribution in [-0.2, 0) is 12.6 Å². The molecule has 1 aromatic rings. The summed E-state index contributed by atoms with van der Waals surface area (Å²) in [5, 5.41) is 0. The van der Waals surface area contributed by atoms with Crippen molar-refractivity contribution in [3.8, 4) is 0 Å². The fourth-order valence-corrected chi connectivity index (χ4v) is 4.53. The van der Waals surface area contributed by atoms with Gasteiger partial charge in [0.15, 0.2) is 17.6 Å². The van der Waals surface area contributed by atoms with Crippen LogP contribution in [0.25, 0.3) is 0 Å². The first-order valence-corrected chi connectivity index (χ1v) is 10.6. The maximum atomic E-state index is 15.0. The lowest BCUT2D eigenvalue weighted by Crippen LogP contribution is -2.55. The number of amidine groups is 1. The van der Waals surface area contributed by atoms with Gasteiger partial charge in [0.05, 0.1) is 11.3 Å². The number of nitrogens with zero attached hydrogens (tertiary/aromatic N) is 5. The second kappa shape index (κ2) is 8.00. The molecule has 0 saturated carbocycles. The minimum absolute atomic E-state index is 0.0165. The van der Waals surface area contributed by atoms with Crippen molar-refractivity contribution < 1.29 is 22.1 Å². The molecule has 0 bridgehead atoms. The van der Waals surface area contributed by atoms with E-state index in [0.29, 0.717) is 12.3 Å². The summed E-state index contributed by atoms with van der Waals surface area (Å²) < 4.78 is 57.0. The topological polar surface area (TPSA) is 34.2 Å². The smallest absolute Gasteiger partial charge is 0.352 e. The Kier molecular flexibility index (Phi) is 5.66. The van der Waals surface area contributed by atoms with Crippen LogP contribution in [0.4, 0.5) is 23.2 Å². The zero-order valence-corrected chi connectivity index (χ0v) is 18.3. The SMILES string of the molecule is CC1=[N+](C)C2CCc3c(ccc(C(F)(F)F)c3F)N=C(N3CCN(C)CC3)C2=NC1C. The summed E-state index contributed by atoms with van der Waals surface area (Å²) in [5.74, 6) is -0.552. The van der Waals surface area contributed by atoms with E-state index in [4.69, 9.17) is 9.98 Å². The summed E-state index contributed by atoms with van der Waals surface area (Å²) in [7, 11) is 4.02. The van der Waals surface area contributed by atoms with Gasteiger partial charge < -0.3 is 9.80 Å². The van der Waals surface area contributed by atoms with Gasteiger partial charge in [-0.15, -0.1) is 0 Å². The molecule has 3 heterocycles. The average Bonchev–Trinajstić information content (AvgIpc) is 2.69. The highest BCUT2D eigenvalue weighted by molar-refractivity contribution is 6.44. The van der Waals surface area contributed by atoms with Crippen LogP contribution in [0.15, 0.2) is 22.1 Å². The van der Waals surface area contributed by atoms with Crippen LogP contribution in [0.3, 0.4) is 0 Å². The van der Waals surface area contributed by atoms with Gasteiger partial charge in [-0.1, -0.05) is 0 Å². The van der Waals surface area contributed by atoms with E-state index in [-0.39, 0.29) is 29.8 Å². The maximum absolute atomic E-state index is 15.0. The normalized spacial score (nSPS) is 25.4. The number of aliphatic imine (C=N–C) groups is 2. The number of benzene rings is 1. The Morgan fingerprint density at radius 1 is 1.13 bits per heavy atom. The zero-order chi connectivity index (χ0) is 22.5. The molecule has 0 aliphatic carbocycles. The fourth-order valence-electron chi connectivity index (χ4n) is 4.53. The first-order valence-electron chi connectivity index (χ1n) is 10.6. The standard InChI is InChI=1S/C22H28F4N5/c1-13-14(2)30(4)18-8-5-15-17(7-6-16(19(15)23)22(24,25)26)28-21(20(18)27-13)31-11-9-29(3)10-12-31/h6-7,13,18H,5,8-12H2,1-4H3/q+1. The van der Waals surface area contributed by atoms with Crippen molar-refractivity contribution in [1.29, 1.82) is 0 Å². The van der Waals surface area contributed by atoms with Gasteiger partial charge >= 0.3 is 6.18 Å². The van der Waals surface area contributed by atoms with Crippen LogP contribution in [0.1, 0.15) is 31.4 Å². The largest absolute Gasteiger partial charge is 0.419 e. The molecule has 1 aromatic carbocycles. The zero-order valence-electron chi connectivity index (χ0n) is 18.3. The monoisotopic (exact) mass is 438 g/mol. The highest BCUT2D eigenvalue weighted by atomic mass is 19.4. The lowest BCUT2D eigenvalue weighted by atomic mass is 9.93. The number of rotatable bonds is 0. The number of piperazine rings is 1. The van der Waals surface area contributed by atoms with E-state index < -0.39 is 17.6 Å². The predicted molar refractivity (Wildman–Crippen MR) is 113 cm³/mol. The van der Waals surface area contributed by atoms with Crippen LogP contribution in [0, 0.1) is 5.82 Å². The van der Waals surface area contributed by atoms with E-state index in [0.717, 1.165) is 43.7 Å². The van der Waals surface area contributed by atoms with E-state index in [2.05, 4.69) is 21.4 Å². The molecule has 0 radical (unpaired) electrons. The van der Waals surface area contributed by atoms with Gasteiger partial charge in [0.2, 0.25) is 0 Å². The van der Waals surface area contributed by atoms with Crippen LogP contribution in [0.2, 0.25) is 0 Å². The molecular formula is C22H28F4N5+. The van der Waals surface area contributed by atoms with Crippen molar-refractivity contribution in [2.45, 2.75) is 44.9 Å². The molecule has 5 nitrogen and oxygen atoms in total. The van der Waals surface area contributed by atoms with Gasteiger partial charge in [0, 0.05) is 45.1 Å². The third kappa shape index (κ3) is 4.00. The molecule has 4 rings (SSSR count). The van der Waals surface area contributed by atoms with Gasteiger partial charge in [-0.05, 0) is 32.5 Å². The molecule has 0 amide bonds. The number of alkyl halides is 3. The molecular weight excluding hydrogens is 410 g/mol. The van der Waals surface area contributed by atoms with Crippen LogP contribution in [-0.4, -0.2) is 84.0 Å². The molecule has 31 heavy (non-hydrogen) atoms. The molecule has 1 fully saturated rings. The third-order valence-corrected chi connectivity index (χ3v) is 6.73. The summed E-state index contributed by atoms with van der Waals surface area (Å²) in [6.45, 7) is 7.20. The summed E-state index contributed by atoms with van der Waals surface area (Å²) >= 11 is 0. The molecule has 1 saturated heterocycles. The van der Waals surface area contributed by atoms with E-state index in [1.807, 2.05) is 20.9 Å². The molecule has 3 aliphatic heterocycles. The van der Waals surface area contributed by atoms with Crippen molar-refractivity contribution in [3.63, 3.8) is 0 Å². The molecule has 2 atom stereocenters. The van der Waals surface area contributed by atoms with Gasteiger partial charge in [-0.3, -0.25) is 4.99 Å². The molecule has 9 heteroatoms. The number of hydrogen-bond acceptors (Lipinski definition) is 4. The Morgan fingerprint density at radius 2 is 1.81 bits per heavy atom. The van der Waals surface area contributed by atoms with Crippen molar-refractivity contribution >= 4 is 22.9 Å². The van der Waals surface area contributed by atoms with Crippen LogP contribution in [0.5, 0.6) is 0 Å². The Hall–Kier alpha value is -2.29. The number of likely N-dealkylation sites (N-methyl/N-ethyl adjacent to an activating group) is 1. The van der Waals surface area contributed by atoms with E-state index in [9.17, 15) is 17.6 Å². The lowest BCUT2D eigenvalue weighted by Gasteiger charge is -2.37. The van der Waals surface area contributed by atoms with E-state index in [1.165, 1.54) is 6.07 Å². The summed E-state index contributed by atoms with van der Waals surface area (Å²) in [6, 6.07) is 1.92. The van der Waals surface area contributed by atoms with Crippen molar-refractivity contribution in [2.75, 3.05) is 40.3 Å². The number of hydrogen-bond donors (Lipinski definition) is 0. The summed E-state index contributed by atoms with van der Waals surface area (Å²) in [5.41, 5.74) is 0.991.